The van der Waals surface area contributed by atoms with Gasteiger partial charge in [0.05, 0.1) is 37.1 Å². The number of ether oxygens (including phenoxy) is 2. The van der Waals surface area contributed by atoms with E-state index in [0.29, 0.717) is 11.1 Å². The lowest BCUT2D eigenvalue weighted by Gasteiger charge is -2.38. The Hall–Kier alpha value is -2.70. The van der Waals surface area contributed by atoms with Gasteiger partial charge in [-0.2, -0.15) is 5.11 Å². The quantitative estimate of drug-likeness (QED) is 0.779. The molecular weight excluding hydrogens is 334 g/mol. The molecule has 1 heterocycles. The van der Waals surface area contributed by atoms with Crippen LogP contribution in [0.25, 0.3) is 0 Å². The van der Waals surface area contributed by atoms with Gasteiger partial charge in [0, 0.05) is 11.8 Å². The normalized spacial score (nSPS) is 29.4. The second-order valence-electron chi connectivity index (χ2n) is 6.82. The lowest BCUT2D eigenvalue weighted by Crippen LogP contribution is -2.50. The van der Waals surface area contributed by atoms with Crippen LogP contribution in [0, 0.1) is 11.8 Å². The minimum Gasteiger partial charge on any atom is -0.466 e. The van der Waals surface area contributed by atoms with E-state index in [2.05, 4.69) is 10.3 Å². The number of para-hydroxylation sites is 1. The molecule has 1 saturated carbocycles. The fourth-order valence-electron chi connectivity index (χ4n) is 4.59. The molecule has 2 bridgehead atoms. The van der Waals surface area contributed by atoms with Crippen LogP contribution < -0.4 is 5.01 Å². The Bertz CT molecular complexity index is 789. The number of carbonyl (C=O) groups excluding carboxylic acids is 2. The van der Waals surface area contributed by atoms with E-state index in [4.69, 9.17) is 9.47 Å². The Balaban J connectivity index is 1.84. The average molecular weight is 355 g/mol. The van der Waals surface area contributed by atoms with Crippen molar-refractivity contribution in [3.8, 4) is 0 Å². The average Bonchev–Trinajstić information content (AvgIpc) is 2.94. The lowest BCUT2D eigenvalue weighted by molar-refractivity contribution is -0.140. The summed E-state index contributed by atoms with van der Waals surface area (Å²) < 4.78 is 10.0. The van der Waals surface area contributed by atoms with E-state index in [1.807, 2.05) is 35.3 Å². The zero-order chi connectivity index (χ0) is 18.3. The smallest absolute Gasteiger partial charge is 0.334 e. The maximum atomic E-state index is 12.6. The van der Waals surface area contributed by atoms with Gasteiger partial charge in [-0.15, -0.1) is 0 Å². The highest BCUT2D eigenvalue weighted by atomic mass is 16.5. The van der Waals surface area contributed by atoms with Gasteiger partial charge in [-0.1, -0.05) is 29.8 Å². The molecule has 1 aromatic rings. The zero-order valence-corrected chi connectivity index (χ0v) is 14.8. The van der Waals surface area contributed by atoms with Crippen LogP contribution in [-0.2, 0) is 19.1 Å². The summed E-state index contributed by atoms with van der Waals surface area (Å²) in [6.07, 6.45) is 2.49. The van der Waals surface area contributed by atoms with E-state index in [1.165, 1.54) is 14.2 Å². The van der Waals surface area contributed by atoms with Crippen LogP contribution in [0.5, 0.6) is 0 Å². The highest BCUT2D eigenvalue weighted by molar-refractivity contribution is 6.02. The van der Waals surface area contributed by atoms with Crippen molar-refractivity contribution in [2.45, 2.75) is 31.3 Å². The number of anilines is 1. The first-order chi connectivity index (χ1) is 12.7. The zero-order valence-electron chi connectivity index (χ0n) is 14.8. The molecule has 1 fully saturated rings. The molecule has 7 heteroatoms. The number of esters is 2. The summed E-state index contributed by atoms with van der Waals surface area (Å²) in [4.78, 5) is 25.1. The molecule has 3 aliphatic carbocycles. The number of nitrogens with zero attached hydrogens (tertiary/aromatic N) is 3. The van der Waals surface area contributed by atoms with Gasteiger partial charge in [0.2, 0.25) is 0 Å². The maximum Gasteiger partial charge on any atom is 0.334 e. The Morgan fingerprint density at radius 2 is 1.62 bits per heavy atom. The standard InChI is InChI=1S/C19H21N3O4/c1-25-18(23)14-12-9-6-10-13(15(14)19(24)26-2)17-16(12)20-21-22(17)11-7-4-3-5-8-11/h3-5,7-8,12-13,16-17H,6,9-10H2,1-2H3/t12-,13+,16+,17+/m0/s1. The first kappa shape index (κ1) is 16.8. The summed E-state index contributed by atoms with van der Waals surface area (Å²) in [7, 11) is 2.69. The van der Waals surface area contributed by atoms with Crippen LogP contribution in [0.4, 0.5) is 5.69 Å². The summed E-state index contributed by atoms with van der Waals surface area (Å²) >= 11 is 0. The Morgan fingerprint density at radius 3 is 2.27 bits per heavy atom. The molecule has 26 heavy (non-hydrogen) atoms. The largest absolute Gasteiger partial charge is 0.466 e. The predicted molar refractivity (Wildman–Crippen MR) is 93.2 cm³/mol. The molecule has 136 valence electrons. The lowest BCUT2D eigenvalue weighted by atomic mass is 9.71. The van der Waals surface area contributed by atoms with Crippen molar-refractivity contribution in [1.29, 1.82) is 0 Å². The number of rotatable bonds is 3. The number of hydrogen-bond donors (Lipinski definition) is 0. The van der Waals surface area contributed by atoms with E-state index in [0.717, 1.165) is 24.9 Å². The molecule has 0 aromatic heterocycles. The van der Waals surface area contributed by atoms with Crippen LogP contribution >= 0.6 is 0 Å². The molecule has 0 N–H and O–H groups in total. The van der Waals surface area contributed by atoms with Crippen molar-refractivity contribution in [2.75, 3.05) is 19.2 Å². The minimum atomic E-state index is -0.464. The van der Waals surface area contributed by atoms with E-state index in [-0.39, 0.29) is 23.9 Å². The maximum absolute atomic E-state index is 12.6. The molecular formula is C19H21N3O4. The minimum absolute atomic E-state index is 0.0904. The third-order valence-electron chi connectivity index (χ3n) is 5.63. The highest BCUT2D eigenvalue weighted by Crippen LogP contribution is 2.50. The predicted octanol–water partition coefficient (Wildman–Crippen LogP) is 2.68. The van der Waals surface area contributed by atoms with Crippen LogP contribution in [0.3, 0.4) is 0 Å². The molecule has 4 atom stereocenters. The first-order valence-electron chi connectivity index (χ1n) is 8.83. The third kappa shape index (κ3) is 2.41. The van der Waals surface area contributed by atoms with E-state index >= 15 is 0 Å². The van der Waals surface area contributed by atoms with Gasteiger partial charge in [-0.05, 0) is 25.0 Å². The van der Waals surface area contributed by atoms with Gasteiger partial charge in [0.1, 0.15) is 6.04 Å². The number of methoxy groups -OCH3 is 2. The van der Waals surface area contributed by atoms with E-state index in [1.54, 1.807) is 0 Å². The topological polar surface area (TPSA) is 80.6 Å². The fraction of sp³-hybridized carbons (Fsp3) is 0.474. The Kier molecular flexibility index (Phi) is 4.22. The SMILES string of the molecule is COC(=O)C1=C(C(=O)OC)[C@@H]2CCC[C@H]1[C@@H]1[C@@H]2N=NN1c1ccccc1. The third-order valence-corrected chi connectivity index (χ3v) is 5.63. The molecule has 0 saturated heterocycles. The molecule has 7 nitrogen and oxygen atoms in total. The van der Waals surface area contributed by atoms with Gasteiger partial charge >= 0.3 is 11.9 Å². The second-order valence-corrected chi connectivity index (χ2v) is 6.82. The number of carbonyl (C=O) groups is 2. The monoisotopic (exact) mass is 355 g/mol. The summed E-state index contributed by atoms with van der Waals surface area (Å²) in [5.74, 6) is -1.27. The van der Waals surface area contributed by atoms with E-state index < -0.39 is 11.9 Å². The summed E-state index contributed by atoms with van der Waals surface area (Å²) in [6, 6.07) is 9.54. The number of fused-ring (bicyclic) bond motifs is 2. The summed E-state index contributed by atoms with van der Waals surface area (Å²) in [6.45, 7) is 0. The van der Waals surface area contributed by atoms with Gasteiger partial charge < -0.3 is 9.47 Å². The Morgan fingerprint density at radius 1 is 1.00 bits per heavy atom. The van der Waals surface area contributed by atoms with Crippen LogP contribution in [0.2, 0.25) is 0 Å². The number of hydrogen-bond acceptors (Lipinski definition) is 7. The molecule has 4 aliphatic rings. The van der Waals surface area contributed by atoms with Crippen LogP contribution in [0.1, 0.15) is 19.3 Å². The van der Waals surface area contributed by atoms with Crippen LogP contribution in [-0.4, -0.2) is 38.2 Å². The fourth-order valence-corrected chi connectivity index (χ4v) is 4.59. The van der Waals surface area contributed by atoms with Crippen molar-refractivity contribution >= 4 is 17.6 Å². The summed E-state index contributed by atoms with van der Waals surface area (Å²) in [5.41, 5.74) is 1.80. The van der Waals surface area contributed by atoms with Crippen molar-refractivity contribution in [2.24, 2.45) is 22.2 Å². The second kappa shape index (κ2) is 6.55. The molecule has 0 unspecified atom stereocenters. The molecule has 1 aromatic carbocycles. The molecule has 0 amide bonds. The van der Waals surface area contributed by atoms with Crippen molar-refractivity contribution in [1.82, 2.24) is 0 Å². The molecule has 1 aliphatic heterocycles. The first-order valence-corrected chi connectivity index (χ1v) is 8.83. The van der Waals surface area contributed by atoms with Crippen LogP contribution in [0.15, 0.2) is 51.8 Å². The van der Waals surface area contributed by atoms with Gasteiger partial charge in [-0.25, -0.2) is 14.6 Å². The summed E-state index contributed by atoms with van der Waals surface area (Å²) in [5, 5.41) is 10.8. The van der Waals surface area contributed by atoms with Crippen molar-refractivity contribution in [3.63, 3.8) is 0 Å². The molecule has 5 rings (SSSR count). The van der Waals surface area contributed by atoms with Crippen molar-refractivity contribution < 1.29 is 19.1 Å². The van der Waals surface area contributed by atoms with E-state index in [9.17, 15) is 9.59 Å². The number of benzene rings is 1. The van der Waals surface area contributed by atoms with Crippen molar-refractivity contribution in [3.05, 3.63) is 41.5 Å². The van der Waals surface area contributed by atoms with Gasteiger partial charge in [-0.3, -0.25) is 0 Å². The molecule has 0 radical (unpaired) electrons. The van der Waals surface area contributed by atoms with Gasteiger partial charge in [0.15, 0.2) is 0 Å². The van der Waals surface area contributed by atoms with Gasteiger partial charge in [0.25, 0.3) is 0 Å². The molecule has 0 spiro atoms. The Labute approximate surface area is 151 Å². The highest BCUT2D eigenvalue weighted by Gasteiger charge is 2.55.